The molecule has 2 aromatic heterocycles. The van der Waals surface area contributed by atoms with E-state index in [0.29, 0.717) is 12.2 Å². The molecule has 0 fully saturated rings. The number of rotatable bonds is 3. The Hall–Kier alpha value is -2.48. The second kappa shape index (κ2) is 6.11. The number of nitrogens with zero attached hydrogens (tertiary/aromatic N) is 4. The van der Waals surface area contributed by atoms with Gasteiger partial charge >= 0.3 is 0 Å². The maximum Gasteiger partial charge on any atom is 0.271 e. The number of H-pyrrole nitrogens is 1. The predicted octanol–water partition coefficient (Wildman–Crippen LogP) is 0.538. The highest BCUT2D eigenvalue weighted by molar-refractivity contribution is 5.93. The van der Waals surface area contributed by atoms with Gasteiger partial charge in [-0.25, -0.2) is 4.98 Å². The van der Waals surface area contributed by atoms with E-state index in [0.717, 1.165) is 60.2 Å². The smallest absolute Gasteiger partial charge is 0.271 e. The van der Waals surface area contributed by atoms with E-state index in [9.17, 15) is 4.79 Å². The van der Waals surface area contributed by atoms with Gasteiger partial charge in [-0.3, -0.25) is 14.8 Å². The van der Waals surface area contributed by atoms with Gasteiger partial charge in [0, 0.05) is 62.0 Å². The molecular formula is C17H22N6O2. The number of aryl methyl sites for hydroxylation is 2. The zero-order valence-electron chi connectivity index (χ0n) is 14.7. The van der Waals surface area contributed by atoms with Crippen LogP contribution in [0.4, 0.5) is 0 Å². The third kappa shape index (κ3) is 2.86. The average molecular weight is 342 g/mol. The zero-order valence-corrected chi connectivity index (χ0v) is 14.7. The summed E-state index contributed by atoms with van der Waals surface area (Å²) in [7, 11) is 1.62. The summed E-state index contributed by atoms with van der Waals surface area (Å²) in [4.78, 5) is 23.1. The molecule has 0 saturated heterocycles. The Morgan fingerprint density at radius 2 is 2.20 bits per heavy atom. The fourth-order valence-electron chi connectivity index (χ4n) is 3.67. The average Bonchev–Trinajstić information content (AvgIpc) is 3.17. The molecule has 0 bridgehead atoms. The van der Waals surface area contributed by atoms with Gasteiger partial charge in [0.2, 0.25) is 5.88 Å². The third-order valence-corrected chi connectivity index (χ3v) is 4.91. The first kappa shape index (κ1) is 16.0. The summed E-state index contributed by atoms with van der Waals surface area (Å²) in [6.45, 7) is 6.31. The molecule has 8 nitrogen and oxygen atoms in total. The number of aromatic nitrogens is 4. The van der Waals surface area contributed by atoms with Crippen LogP contribution in [-0.2, 0) is 19.4 Å². The van der Waals surface area contributed by atoms with Crippen LogP contribution in [0.5, 0.6) is 5.88 Å². The van der Waals surface area contributed by atoms with Crippen molar-refractivity contribution in [1.82, 2.24) is 30.4 Å². The summed E-state index contributed by atoms with van der Waals surface area (Å²) in [5.74, 6) is 1.32. The van der Waals surface area contributed by atoms with Crippen molar-refractivity contribution in [2.24, 2.45) is 0 Å². The van der Waals surface area contributed by atoms with Crippen LogP contribution in [-0.4, -0.2) is 57.2 Å². The lowest BCUT2D eigenvalue weighted by atomic mass is 10.0. The Morgan fingerprint density at radius 1 is 1.36 bits per heavy atom. The molecular weight excluding hydrogens is 320 g/mol. The van der Waals surface area contributed by atoms with Gasteiger partial charge in [0.15, 0.2) is 5.69 Å². The molecule has 0 saturated carbocycles. The number of aromatic amines is 1. The molecule has 1 atom stereocenters. The Kier molecular flexibility index (Phi) is 3.91. The molecule has 2 aromatic rings. The lowest BCUT2D eigenvalue weighted by Gasteiger charge is -2.28. The summed E-state index contributed by atoms with van der Waals surface area (Å²) in [5.41, 5.74) is 4.66. The number of carbonyl (C=O) groups excluding carboxylic acids is 1. The highest BCUT2D eigenvalue weighted by atomic mass is 16.5. The third-order valence-electron chi connectivity index (χ3n) is 4.91. The summed E-state index contributed by atoms with van der Waals surface area (Å²) in [6.07, 6.45) is 1.76. The summed E-state index contributed by atoms with van der Waals surface area (Å²) in [5, 5.41) is 9.82. The number of ether oxygens (including phenoxy) is 1. The van der Waals surface area contributed by atoms with E-state index >= 15 is 0 Å². The lowest BCUT2D eigenvalue weighted by Crippen LogP contribution is -2.38. The highest BCUT2D eigenvalue weighted by Gasteiger charge is 2.31. The Morgan fingerprint density at radius 3 is 3.00 bits per heavy atom. The fraction of sp³-hybridized carbons (Fsp3) is 0.529. The largest absolute Gasteiger partial charge is 0.472 e. The topological polar surface area (TPSA) is 96.0 Å². The van der Waals surface area contributed by atoms with E-state index in [1.807, 2.05) is 13.8 Å². The van der Waals surface area contributed by atoms with E-state index < -0.39 is 0 Å². The van der Waals surface area contributed by atoms with Gasteiger partial charge in [0.05, 0.1) is 0 Å². The second-order valence-corrected chi connectivity index (χ2v) is 6.68. The van der Waals surface area contributed by atoms with Crippen LogP contribution in [0, 0.1) is 13.8 Å². The maximum atomic E-state index is 12.0. The van der Waals surface area contributed by atoms with Crippen molar-refractivity contribution in [2.75, 3.05) is 20.1 Å². The van der Waals surface area contributed by atoms with Crippen molar-refractivity contribution in [3.05, 3.63) is 34.0 Å². The molecule has 0 aromatic carbocycles. The predicted molar refractivity (Wildman–Crippen MR) is 90.6 cm³/mol. The molecule has 2 aliphatic heterocycles. The van der Waals surface area contributed by atoms with Gasteiger partial charge in [-0.05, 0) is 13.8 Å². The molecule has 0 aliphatic carbocycles. The van der Waals surface area contributed by atoms with Gasteiger partial charge in [-0.1, -0.05) is 0 Å². The number of carbonyl (C=O) groups is 1. The SMILES string of the molecule is CNC(=O)c1n[nH]c2c1CN(CC1Cc3c(C)nc(C)nc3O1)CC2. The quantitative estimate of drug-likeness (QED) is 0.845. The maximum absolute atomic E-state index is 12.0. The molecule has 2 aliphatic rings. The number of fused-ring (bicyclic) bond motifs is 2. The minimum atomic E-state index is -0.148. The normalized spacial score (nSPS) is 19.2. The molecule has 4 heterocycles. The Bertz CT molecular complexity index is 831. The van der Waals surface area contributed by atoms with E-state index in [1.165, 1.54) is 0 Å². The molecule has 4 rings (SSSR count). The van der Waals surface area contributed by atoms with Crippen molar-refractivity contribution in [2.45, 2.75) is 39.3 Å². The first-order chi connectivity index (χ1) is 12.0. The first-order valence-corrected chi connectivity index (χ1v) is 8.56. The van der Waals surface area contributed by atoms with Crippen LogP contribution in [0.3, 0.4) is 0 Å². The van der Waals surface area contributed by atoms with Crippen LogP contribution in [0.1, 0.15) is 38.8 Å². The molecule has 0 radical (unpaired) electrons. The zero-order chi connectivity index (χ0) is 17.6. The molecule has 2 N–H and O–H groups in total. The first-order valence-electron chi connectivity index (χ1n) is 8.56. The van der Waals surface area contributed by atoms with E-state index in [1.54, 1.807) is 7.05 Å². The van der Waals surface area contributed by atoms with Crippen molar-refractivity contribution in [3.8, 4) is 5.88 Å². The Balaban J connectivity index is 1.46. The van der Waals surface area contributed by atoms with Crippen LogP contribution >= 0.6 is 0 Å². The number of hydrogen-bond donors (Lipinski definition) is 2. The minimum Gasteiger partial charge on any atom is -0.472 e. The minimum absolute atomic E-state index is 0.0710. The summed E-state index contributed by atoms with van der Waals surface area (Å²) < 4.78 is 6.04. The van der Waals surface area contributed by atoms with Gasteiger partial charge in [0.25, 0.3) is 5.91 Å². The Labute approximate surface area is 146 Å². The monoisotopic (exact) mass is 342 g/mol. The highest BCUT2D eigenvalue weighted by Crippen LogP contribution is 2.30. The lowest BCUT2D eigenvalue weighted by molar-refractivity contribution is 0.0954. The molecule has 0 spiro atoms. The van der Waals surface area contributed by atoms with Crippen molar-refractivity contribution < 1.29 is 9.53 Å². The number of hydrogen-bond acceptors (Lipinski definition) is 6. The van der Waals surface area contributed by atoms with E-state index in [4.69, 9.17) is 4.74 Å². The van der Waals surface area contributed by atoms with Crippen LogP contribution in [0.2, 0.25) is 0 Å². The molecule has 1 amide bonds. The molecule has 132 valence electrons. The fourth-order valence-corrected chi connectivity index (χ4v) is 3.67. The molecule has 25 heavy (non-hydrogen) atoms. The van der Waals surface area contributed by atoms with Crippen LogP contribution in [0.25, 0.3) is 0 Å². The number of amides is 1. The van der Waals surface area contributed by atoms with Gasteiger partial charge in [-0.2, -0.15) is 10.1 Å². The van der Waals surface area contributed by atoms with Gasteiger partial charge in [0.1, 0.15) is 11.9 Å². The van der Waals surface area contributed by atoms with Crippen LogP contribution in [0.15, 0.2) is 0 Å². The number of nitrogens with one attached hydrogen (secondary N) is 2. The van der Waals surface area contributed by atoms with Gasteiger partial charge < -0.3 is 10.1 Å². The van der Waals surface area contributed by atoms with E-state index in [2.05, 4.69) is 30.4 Å². The van der Waals surface area contributed by atoms with Crippen molar-refractivity contribution in [1.29, 1.82) is 0 Å². The van der Waals surface area contributed by atoms with Crippen LogP contribution < -0.4 is 10.1 Å². The molecule has 8 heteroatoms. The van der Waals surface area contributed by atoms with E-state index in [-0.39, 0.29) is 12.0 Å². The van der Waals surface area contributed by atoms with Crippen molar-refractivity contribution in [3.63, 3.8) is 0 Å². The van der Waals surface area contributed by atoms with Gasteiger partial charge in [-0.15, -0.1) is 0 Å². The standard InChI is InChI=1S/C17H22N6O2/c1-9-12-6-11(25-17(12)20-10(2)19-9)7-23-5-4-14-13(8-23)15(22-21-14)16(24)18-3/h11H,4-8H2,1-3H3,(H,18,24)(H,21,22). The van der Waals surface area contributed by atoms with Crippen molar-refractivity contribution >= 4 is 5.91 Å². The second-order valence-electron chi connectivity index (χ2n) is 6.68. The summed E-state index contributed by atoms with van der Waals surface area (Å²) in [6, 6.07) is 0. The molecule has 1 unspecified atom stereocenters. The summed E-state index contributed by atoms with van der Waals surface area (Å²) >= 11 is 0.